The Kier molecular flexibility index (Phi) is 3.86. The second kappa shape index (κ2) is 5.59. The molecule has 0 saturated heterocycles. The highest BCUT2D eigenvalue weighted by atomic mass is 16.5. The van der Waals surface area contributed by atoms with Gasteiger partial charge in [0.1, 0.15) is 0 Å². The predicted octanol–water partition coefficient (Wildman–Crippen LogP) is 3.01. The quantitative estimate of drug-likeness (QED) is 0.786. The molecule has 1 aromatic carbocycles. The second-order valence-electron chi connectivity index (χ2n) is 7.30. The van der Waals surface area contributed by atoms with Crippen molar-refractivity contribution < 1.29 is 9.53 Å². The minimum absolute atomic E-state index is 0.0198. The summed E-state index contributed by atoms with van der Waals surface area (Å²) in [6, 6.07) is 8.52. The van der Waals surface area contributed by atoms with Crippen molar-refractivity contribution in [3.8, 4) is 0 Å². The van der Waals surface area contributed by atoms with Gasteiger partial charge in [-0.05, 0) is 24.0 Å². The van der Waals surface area contributed by atoms with Crippen molar-refractivity contribution in [3.63, 3.8) is 0 Å². The summed E-state index contributed by atoms with van der Waals surface area (Å²) in [5, 5.41) is 0. The van der Waals surface area contributed by atoms with Crippen LogP contribution in [-0.2, 0) is 9.53 Å². The number of carbonyl (C=O) groups excluding carboxylic acids is 1. The van der Waals surface area contributed by atoms with Gasteiger partial charge in [-0.2, -0.15) is 0 Å². The van der Waals surface area contributed by atoms with Gasteiger partial charge in [-0.15, -0.1) is 0 Å². The first-order valence-electron chi connectivity index (χ1n) is 8.27. The van der Waals surface area contributed by atoms with Crippen LogP contribution in [0.2, 0.25) is 0 Å². The third kappa shape index (κ3) is 2.50. The Morgan fingerprint density at radius 2 is 2.00 bits per heavy atom. The summed E-state index contributed by atoms with van der Waals surface area (Å²) in [5.74, 6) is 0.0658. The van der Waals surface area contributed by atoms with Gasteiger partial charge < -0.3 is 14.5 Å². The Bertz CT molecular complexity index is 651. The van der Waals surface area contributed by atoms with E-state index in [0.29, 0.717) is 6.61 Å². The molecule has 4 heteroatoms. The fourth-order valence-electron chi connectivity index (χ4n) is 4.34. The van der Waals surface area contributed by atoms with Crippen molar-refractivity contribution in [1.82, 2.24) is 4.90 Å². The number of rotatable bonds is 2. The molecule has 3 rings (SSSR count). The lowest BCUT2D eigenvalue weighted by Crippen LogP contribution is -2.41. The van der Waals surface area contributed by atoms with Crippen molar-refractivity contribution in [3.05, 3.63) is 41.6 Å². The zero-order valence-electron chi connectivity index (χ0n) is 14.7. The highest BCUT2D eigenvalue weighted by molar-refractivity contribution is 5.92. The molecule has 1 aromatic rings. The lowest BCUT2D eigenvalue weighted by Gasteiger charge is -2.37. The van der Waals surface area contributed by atoms with E-state index in [1.165, 1.54) is 11.3 Å². The number of likely N-dealkylation sites (N-methyl/N-ethyl adjacent to an activating group) is 1. The number of hydrogen-bond donors (Lipinski definition) is 0. The van der Waals surface area contributed by atoms with Crippen molar-refractivity contribution >= 4 is 11.7 Å². The molecule has 0 N–H and O–H groups in total. The number of anilines is 1. The first-order valence-corrected chi connectivity index (χ1v) is 8.27. The van der Waals surface area contributed by atoms with Crippen LogP contribution in [0.5, 0.6) is 0 Å². The lowest BCUT2D eigenvalue weighted by atomic mass is 9.71. The fraction of sp³-hybridized carbons (Fsp3) is 0.526. The molecule has 0 amide bonds. The summed E-state index contributed by atoms with van der Waals surface area (Å²) in [7, 11) is 4.12. The predicted molar refractivity (Wildman–Crippen MR) is 92.5 cm³/mol. The average molecular weight is 314 g/mol. The van der Waals surface area contributed by atoms with E-state index in [2.05, 4.69) is 55.0 Å². The van der Waals surface area contributed by atoms with E-state index >= 15 is 0 Å². The molecule has 4 nitrogen and oxygen atoms in total. The van der Waals surface area contributed by atoms with Crippen molar-refractivity contribution in [2.45, 2.75) is 32.7 Å². The molecule has 2 aliphatic rings. The van der Waals surface area contributed by atoms with Crippen LogP contribution in [0.1, 0.15) is 32.3 Å². The van der Waals surface area contributed by atoms with Gasteiger partial charge in [0.15, 0.2) is 0 Å². The van der Waals surface area contributed by atoms with Crippen LogP contribution < -0.4 is 4.90 Å². The molecular weight excluding hydrogens is 288 g/mol. The molecule has 0 saturated carbocycles. The van der Waals surface area contributed by atoms with Gasteiger partial charge in [0.05, 0.1) is 18.2 Å². The smallest absolute Gasteiger partial charge is 0.337 e. The number of benzene rings is 1. The number of nitrogens with zero attached hydrogens (tertiary/aromatic N) is 2. The number of hydrogen-bond acceptors (Lipinski definition) is 4. The Morgan fingerprint density at radius 3 is 2.70 bits per heavy atom. The molecule has 2 unspecified atom stereocenters. The normalized spacial score (nSPS) is 25.3. The SMILES string of the molecule is CCOC(=O)C1=CN(C)CC(C)(C)C2c3ccccc3N(C)C12. The van der Waals surface area contributed by atoms with Gasteiger partial charge in [-0.3, -0.25) is 0 Å². The van der Waals surface area contributed by atoms with Crippen LogP contribution in [0.3, 0.4) is 0 Å². The molecule has 2 atom stereocenters. The van der Waals surface area contributed by atoms with Crippen LogP contribution in [0.15, 0.2) is 36.0 Å². The standard InChI is InChI=1S/C19H26N2O2/c1-6-23-18(22)14-11-20(4)12-19(2,3)16-13-9-7-8-10-15(13)21(5)17(14)16/h7-11,16-17H,6,12H2,1-5H3. The Labute approximate surface area is 138 Å². The van der Waals surface area contributed by atoms with Crippen LogP contribution in [0.4, 0.5) is 5.69 Å². The van der Waals surface area contributed by atoms with Crippen LogP contribution in [-0.4, -0.2) is 44.2 Å². The second-order valence-corrected chi connectivity index (χ2v) is 7.30. The largest absolute Gasteiger partial charge is 0.463 e. The van der Waals surface area contributed by atoms with E-state index in [0.717, 1.165) is 12.1 Å². The molecule has 2 aliphatic heterocycles. The zero-order valence-corrected chi connectivity index (χ0v) is 14.7. The van der Waals surface area contributed by atoms with Gasteiger partial charge in [-0.25, -0.2) is 4.79 Å². The molecule has 2 heterocycles. The van der Waals surface area contributed by atoms with E-state index in [1.807, 2.05) is 20.2 Å². The number of ether oxygens (including phenoxy) is 1. The highest BCUT2D eigenvalue weighted by Gasteiger charge is 2.49. The summed E-state index contributed by atoms with van der Waals surface area (Å²) in [4.78, 5) is 17.0. The highest BCUT2D eigenvalue weighted by Crippen LogP contribution is 2.52. The third-order valence-electron chi connectivity index (χ3n) is 5.07. The minimum Gasteiger partial charge on any atom is -0.463 e. The molecule has 0 aliphatic carbocycles. The van der Waals surface area contributed by atoms with Gasteiger partial charge in [0.25, 0.3) is 0 Å². The molecule has 124 valence electrons. The molecule has 0 bridgehead atoms. The maximum atomic E-state index is 12.6. The zero-order chi connectivity index (χ0) is 16.8. The summed E-state index contributed by atoms with van der Waals surface area (Å²) in [5.41, 5.74) is 3.35. The summed E-state index contributed by atoms with van der Waals surface area (Å²) >= 11 is 0. The van der Waals surface area contributed by atoms with E-state index < -0.39 is 0 Å². The maximum absolute atomic E-state index is 12.6. The summed E-state index contributed by atoms with van der Waals surface area (Å²) < 4.78 is 5.35. The van der Waals surface area contributed by atoms with E-state index in [-0.39, 0.29) is 23.3 Å². The average Bonchev–Trinajstić information content (AvgIpc) is 2.72. The number of fused-ring (bicyclic) bond motifs is 3. The Morgan fingerprint density at radius 1 is 1.30 bits per heavy atom. The first-order chi connectivity index (χ1) is 10.9. The van der Waals surface area contributed by atoms with Crippen LogP contribution >= 0.6 is 0 Å². The van der Waals surface area contributed by atoms with Crippen molar-refractivity contribution in [2.75, 3.05) is 32.1 Å². The minimum atomic E-state index is -0.202. The molecule has 23 heavy (non-hydrogen) atoms. The molecule has 0 aromatic heterocycles. The summed E-state index contributed by atoms with van der Waals surface area (Å²) in [6.07, 6.45) is 1.98. The van der Waals surface area contributed by atoms with Crippen molar-refractivity contribution in [1.29, 1.82) is 0 Å². The maximum Gasteiger partial charge on any atom is 0.337 e. The van der Waals surface area contributed by atoms with Gasteiger partial charge >= 0.3 is 5.97 Å². The van der Waals surface area contributed by atoms with Gasteiger partial charge in [0.2, 0.25) is 0 Å². The monoisotopic (exact) mass is 314 g/mol. The molecule has 0 spiro atoms. The number of carbonyl (C=O) groups is 1. The molecule has 0 radical (unpaired) electrons. The molecular formula is C19H26N2O2. The van der Waals surface area contributed by atoms with Gasteiger partial charge in [-0.1, -0.05) is 32.0 Å². The molecule has 0 fully saturated rings. The lowest BCUT2D eigenvalue weighted by molar-refractivity contribution is -0.138. The fourth-order valence-corrected chi connectivity index (χ4v) is 4.34. The number of para-hydroxylation sites is 1. The van der Waals surface area contributed by atoms with E-state index in [1.54, 1.807) is 0 Å². The van der Waals surface area contributed by atoms with E-state index in [9.17, 15) is 4.79 Å². The van der Waals surface area contributed by atoms with Crippen molar-refractivity contribution in [2.24, 2.45) is 5.41 Å². The van der Waals surface area contributed by atoms with E-state index in [4.69, 9.17) is 4.74 Å². The number of esters is 1. The topological polar surface area (TPSA) is 32.8 Å². The Hall–Kier alpha value is -1.97. The Balaban J connectivity index is 2.14. The van der Waals surface area contributed by atoms with Crippen LogP contribution in [0, 0.1) is 5.41 Å². The van der Waals surface area contributed by atoms with Gasteiger partial charge in [0, 0.05) is 38.4 Å². The first kappa shape index (κ1) is 15.9. The summed E-state index contributed by atoms with van der Waals surface area (Å²) in [6.45, 7) is 7.74. The van der Waals surface area contributed by atoms with Crippen LogP contribution in [0.25, 0.3) is 0 Å². The third-order valence-corrected chi connectivity index (χ3v) is 5.07.